The lowest BCUT2D eigenvalue weighted by atomic mass is 10.0. The number of ether oxygens (including phenoxy) is 1. The molecule has 36 heavy (non-hydrogen) atoms. The first-order valence-corrected chi connectivity index (χ1v) is 11.2. The minimum Gasteiger partial charge on any atom is -0.372 e. The highest BCUT2D eigenvalue weighted by molar-refractivity contribution is 6.04. The Morgan fingerprint density at radius 2 is 1.81 bits per heavy atom. The molecule has 2 N–H and O–H groups in total. The monoisotopic (exact) mass is 485 g/mol. The predicted molar refractivity (Wildman–Crippen MR) is 133 cm³/mol. The second-order valence-corrected chi connectivity index (χ2v) is 8.72. The van der Waals surface area contributed by atoms with Crippen LogP contribution >= 0.6 is 0 Å². The Kier molecular flexibility index (Phi) is 5.39. The SMILES string of the molecule is Cc1nn(C(C)C)cc1-n1c(=O)n(C)c2cnc3ccc(-c4ccc(C(=O)OC(N)=O)nc4)cc3c21. The number of hydrogen-bond donors (Lipinski definition) is 1. The molecule has 0 aliphatic rings. The van der Waals surface area contributed by atoms with Gasteiger partial charge in [0.2, 0.25) is 0 Å². The number of pyridine rings is 2. The number of primary amides is 1. The van der Waals surface area contributed by atoms with Crippen molar-refractivity contribution < 1.29 is 14.3 Å². The number of amides is 1. The molecule has 0 aliphatic heterocycles. The molecule has 0 bridgehead atoms. The Balaban J connectivity index is 1.70. The van der Waals surface area contributed by atoms with E-state index in [9.17, 15) is 14.4 Å². The third-order valence-corrected chi connectivity index (χ3v) is 6.04. The maximum Gasteiger partial charge on any atom is 0.412 e. The zero-order valence-electron chi connectivity index (χ0n) is 20.1. The number of benzene rings is 1. The molecule has 0 saturated carbocycles. The molecular formula is C25H23N7O4. The van der Waals surface area contributed by atoms with Gasteiger partial charge in [-0.1, -0.05) is 12.1 Å². The van der Waals surface area contributed by atoms with E-state index in [2.05, 4.69) is 19.8 Å². The molecule has 0 radical (unpaired) electrons. The van der Waals surface area contributed by atoms with Crippen LogP contribution in [0.2, 0.25) is 0 Å². The maximum atomic E-state index is 13.4. The number of hydrogen-bond acceptors (Lipinski definition) is 7. The fraction of sp³-hybridized carbons (Fsp3) is 0.200. The molecule has 0 aliphatic carbocycles. The molecule has 11 heteroatoms. The quantitative estimate of drug-likeness (QED) is 0.304. The molecule has 0 unspecified atom stereocenters. The van der Waals surface area contributed by atoms with Gasteiger partial charge < -0.3 is 10.5 Å². The number of nitrogens with two attached hydrogens (primary N) is 1. The van der Waals surface area contributed by atoms with Crippen molar-refractivity contribution >= 4 is 34.0 Å². The van der Waals surface area contributed by atoms with Gasteiger partial charge in [-0.05, 0) is 44.5 Å². The normalized spacial score (nSPS) is 11.5. The van der Waals surface area contributed by atoms with Crippen LogP contribution in [-0.4, -0.2) is 40.9 Å². The first-order valence-electron chi connectivity index (χ1n) is 11.2. The molecule has 0 spiro atoms. The summed E-state index contributed by atoms with van der Waals surface area (Å²) in [6.07, 6.45) is 3.88. The van der Waals surface area contributed by atoms with Gasteiger partial charge in [-0.2, -0.15) is 5.10 Å². The Morgan fingerprint density at radius 3 is 2.44 bits per heavy atom. The van der Waals surface area contributed by atoms with Gasteiger partial charge in [-0.3, -0.25) is 18.8 Å². The number of rotatable bonds is 4. The highest BCUT2D eigenvalue weighted by Crippen LogP contribution is 2.30. The van der Waals surface area contributed by atoms with Gasteiger partial charge in [0.15, 0.2) is 0 Å². The number of esters is 1. The number of nitrogens with zero attached hydrogens (tertiary/aromatic N) is 6. The minimum absolute atomic E-state index is 0.0445. The molecular weight excluding hydrogens is 462 g/mol. The first kappa shape index (κ1) is 23.0. The van der Waals surface area contributed by atoms with E-state index in [1.54, 1.807) is 28.4 Å². The van der Waals surface area contributed by atoms with Gasteiger partial charge in [0, 0.05) is 36.4 Å². The molecule has 5 aromatic rings. The lowest BCUT2D eigenvalue weighted by Gasteiger charge is -2.08. The maximum absolute atomic E-state index is 13.4. The molecule has 0 fully saturated rings. The molecule has 4 heterocycles. The van der Waals surface area contributed by atoms with Crippen molar-refractivity contribution in [1.82, 2.24) is 28.9 Å². The fourth-order valence-corrected chi connectivity index (χ4v) is 4.19. The largest absolute Gasteiger partial charge is 0.412 e. The molecule has 4 aromatic heterocycles. The fourth-order valence-electron chi connectivity index (χ4n) is 4.19. The van der Waals surface area contributed by atoms with Crippen LogP contribution in [0, 0.1) is 6.92 Å². The van der Waals surface area contributed by atoms with Crippen molar-refractivity contribution in [1.29, 1.82) is 0 Å². The number of aryl methyl sites for hydroxylation is 2. The highest BCUT2D eigenvalue weighted by Gasteiger charge is 2.20. The van der Waals surface area contributed by atoms with E-state index in [-0.39, 0.29) is 17.4 Å². The first-order chi connectivity index (χ1) is 17.2. The molecule has 0 atom stereocenters. The Morgan fingerprint density at radius 1 is 1.06 bits per heavy atom. The zero-order chi connectivity index (χ0) is 25.7. The van der Waals surface area contributed by atoms with Gasteiger partial charge in [0.05, 0.1) is 34.1 Å². The lowest BCUT2D eigenvalue weighted by Crippen LogP contribution is -2.21. The van der Waals surface area contributed by atoms with Gasteiger partial charge >= 0.3 is 17.8 Å². The van der Waals surface area contributed by atoms with E-state index >= 15 is 0 Å². The van der Waals surface area contributed by atoms with E-state index in [0.717, 1.165) is 27.7 Å². The van der Waals surface area contributed by atoms with Crippen LogP contribution in [0.1, 0.15) is 36.1 Å². The van der Waals surface area contributed by atoms with E-state index in [4.69, 9.17) is 5.73 Å². The third-order valence-electron chi connectivity index (χ3n) is 6.04. The number of fused-ring (bicyclic) bond motifs is 3. The summed E-state index contributed by atoms with van der Waals surface area (Å²) in [7, 11) is 1.72. The highest BCUT2D eigenvalue weighted by atomic mass is 16.6. The summed E-state index contributed by atoms with van der Waals surface area (Å²) in [5, 5.41) is 5.36. The number of imidazole rings is 1. The molecule has 5 rings (SSSR count). The van der Waals surface area contributed by atoms with Gasteiger partial charge in [-0.25, -0.2) is 19.4 Å². The van der Waals surface area contributed by atoms with Crippen LogP contribution in [0.15, 0.2) is 53.7 Å². The van der Waals surface area contributed by atoms with Crippen molar-refractivity contribution in [2.24, 2.45) is 12.8 Å². The molecule has 1 aromatic carbocycles. The van der Waals surface area contributed by atoms with Crippen LogP contribution in [0.4, 0.5) is 4.79 Å². The topological polar surface area (TPSA) is 140 Å². The van der Waals surface area contributed by atoms with E-state index < -0.39 is 12.1 Å². The Hall–Kier alpha value is -4.80. The molecule has 1 amide bonds. The van der Waals surface area contributed by atoms with Gasteiger partial charge in [0.1, 0.15) is 5.69 Å². The Labute approximate surface area is 204 Å². The van der Waals surface area contributed by atoms with Gasteiger partial charge in [0.25, 0.3) is 0 Å². The standard InChI is InChI=1S/C25H23N7O4/c1-13(2)31-12-21(14(3)29-31)32-22-17-9-15(5-7-18(17)28-11-20(22)30(4)25(32)35)16-6-8-19(27-10-16)23(33)36-24(26)34/h5-13H,1-4H3,(H2,26,34). The Bertz CT molecular complexity index is 1730. The smallest absolute Gasteiger partial charge is 0.372 e. The van der Waals surface area contributed by atoms with E-state index in [0.29, 0.717) is 16.7 Å². The molecule has 0 saturated heterocycles. The van der Waals surface area contributed by atoms with Crippen LogP contribution in [0.5, 0.6) is 0 Å². The van der Waals surface area contributed by atoms with Crippen molar-refractivity contribution in [3.8, 4) is 16.8 Å². The predicted octanol–water partition coefficient (Wildman–Crippen LogP) is 3.26. The summed E-state index contributed by atoms with van der Waals surface area (Å²) in [5.74, 6) is -0.927. The summed E-state index contributed by atoms with van der Waals surface area (Å²) in [6.45, 7) is 5.94. The molecule has 182 valence electrons. The summed E-state index contributed by atoms with van der Waals surface area (Å²) >= 11 is 0. The lowest BCUT2D eigenvalue weighted by molar-refractivity contribution is 0.0632. The average molecular weight is 486 g/mol. The van der Waals surface area contributed by atoms with Gasteiger partial charge in [-0.15, -0.1) is 0 Å². The summed E-state index contributed by atoms with van der Waals surface area (Å²) in [4.78, 5) is 44.7. The molecule has 11 nitrogen and oxygen atoms in total. The van der Waals surface area contributed by atoms with Crippen molar-refractivity contribution in [2.75, 3.05) is 0 Å². The summed E-state index contributed by atoms with van der Waals surface area (Å²) in [6, 6.07) is 8.96. The summed E-state index contributed by atoms with van der Waals surface area (Å²) in [5.41, 5.74) is 9.74. The number of carbonyl (C=O) groups is 2. The zero-order valence-corrected chi connectivity index (χ0v) is 20.1. The van der Waals surface area contributed by atoms with Crippen molar-refractivity contribution in [3.05, 3.63) is 70.8 Å². The minimum atomic E-state index is -1.19. The second kappa shape index (κ2) is 8.45. The average Bonchev–Trinajstić information content (AvgIpc) is 3.35. The summed E-state index contributed by atoms with van der Waals surface area (Å²) < 4.78 is 9.45. The van der Waals surface area contributed by atoms with Crippen LogP contribution in [0.25, 0.3) is 38.8 Å². The third kappa shape index (κ3) is 3.70. The number of aromatic nitrogens is 6. The van der Waals surface area contributed by atoms with Crippen LogP contribution in [0.3, 0.4) is 0 Å². The van der Waals surface area contributed by atoms with Crippen molar-refractivity contribution in [3.63, 3.8) is 0 Å². The van der Waals surface area contributed by atoms with Crippen molar-refractivity contribution in [2.45, 2.75) is 26.8 Å². The van der Waals surface area contributed by atoms with Crippen LogP contribution in [-0.2, 0) is 11.8 Å². The van der Waals surface area contributed by atoms with E-state index in [1.807, 2.05) is 49.8 Å². The number of carbonyl (C=O) groups excluding carboxylic acids is 2. The van der Waals surface area contributed by atoms with Crippen LogP contribution < -0.4 is 11.4 Å². The van der Waals surface area contributed by atoms with E-state index in [1.165, 1.54) is 12.3 Å². The second-order valence-electron chi connectivity index (χ2n) is 8.72.